The van der Waals surface area contributed by atoms with Crippen LogP contribution in [-0.4, -0.2) is 18.9 Å². The summed E-state index contributed by atoms with van der Waals surface area (Å²) in [4.78, 5) is 23.7. The van der Waals surface area contributed by atoms with Crippen molar-refractivity contribution >= 4 is 29.1 Å². The maximum atomic E-state index is 11.9. The van der Waals surface area contributed by atoms with Crippen molar-refractivity contribution in [3.8, 4) is 5.75 Å². The molecule has 0 aromatic heterocycles. The predicted octanol–water partition coefficient (Wildman–Crippen LogP) is 3.30. The van der Waals surface area contributed by atoms with Gasteiger partial charge in [-0.2, -0.15) is 0 Å². The minimum atomic E-state index is -0.387. The standard InChI is InChI=1S/C18H19ClN2O3/c1-12-3-6-14(9-16(12)19)21-18(23)10-17(22)20-11-13-4-7-15(24-2)8-5-13/h3-9H,10-11H2,1-2H3,(H,20,22)(H,21,23). The molecule has 0 aliphatic heterocycles. The van der Waals surface area contributed by atoms with Crippen molar-refractivity contribution < 1.29 is 14.3 Å². The molecule has 2 rings (SSSR count). The first kappa shape index (κ1) is 17.8. The lowest BCUT2D eigenvalue weighted by atomic mass is 10.2. The Hall–Kier alpha value is -2.53. The van der Waals surface area contributed by atoms with Gasteiger partial charge in [0.2, 0.25) is 11.8 Å². The number of methoxy groups -OCH3 is 1. The van der Waals surface area contributed by atoms with Crippen LogP contribution in [0.2, 0.25) is 5.02 Å². The van der Waals surface area contributed by atoms with Crippen LogP contribution in [0.1, 0.15) is 17.5 Å². The first-order chi connectivity index (χ1) is 11.5. The Balaban J connectivity index is 1.80. The Bertz CT molecular complexity index is 730. The van der Waals surface area contributed by atoms with Gasteiger partial charge >= 0.3 is 0 Å². The number of hydrogen-bond acceptors (Lipinski definition) is 3. The Morgan fingerprint density at radius 1 is 1.08 bits per heavy atom. The summed E-state index contributed by atoms with van der Waals surface area (Å²) in [7, 11) is 1.59. The second-order valence-corrected chi connectivity index (χ2v) is 5.72. The van der Waals surface area contributed by atoms with Gasteiger partial charge in [-0.1, -0.05) is 29.8 Å². The monoisotopic (exact) mass is 346 g/mol. The van der Waals surface area contributed by atoms with Crippen LogP contribution in [0.4, 0.5) is 5.69 Å². The van der Waals surface area contributed by atoms with Gasteiger partial charge in [-0.15, -0.1) is 0 Å². The molecule has 0 saturated carbocycles. The maximum Gasteiger partial charge on any atom is 0.233 e. The molecule has 0 radical (unpaired) electrons. The third-order valence-electron chi connectivity index (χ3n) is 3.43. The smallest absolute Gasteiger partial charge is 0.233 e. The number of anilines is 1. The van der Waals surface area contributed by atoms with E-state index in [4.69, 9.17) is 16.3 Å². The van der Waals surface area contributed by atoms with Crippen LogP contribution in [0, 0.1) is 6.92 Å². The van der Waals surface area contributed by atoms with E-state index in [1.807, 2.05) is 37.3 Å². The summed E-state index contributed by atoms with van der Waals surface area (Å²) in [5, 5.41) is 5.93. The first-order valence-electron chi connectivity index (χ1n) is 7.43. The number of rotatable bonds is 6. The van der Waals surface area contributed by atoms with Gasteiger partial charge in [0.1, 0.15) is 12.2 Å². The molecule has 24 heavy (non-hydrogen) atoms. The van der Waals surface area contributed by atoms with Crippen LogP contribution < -0.4 is 15.4 Å². The minimum absolute atomic E-state index is 0.248. The van der Waals surface area contributed by atoms with Gasteiger partial charge in [0.05, 0.1) is 7.11 Å². The van der Waals surface area contributed by atoms with Crippen LogP contribution >= 0.6 is 11.6 Å². The normalized spacial score (nSPS) is 10.1. The Kier molecular flexibility index (Phi) is 6.21. The van der Waals surface area contributed by atoms with Crippen LogP contribution in [-0.2, 0) is 16.1 Å². The average Bonchev–Trinajstić information content (AvgIpc) is 2.56. The molecule has 2 aromatic rings. The zero-order valence-corrected chi connectivity index (χ0v) is 14.3. The molecule has 0 bridgehead atoms. The molecular formula is C18H19ClN2O3. The van der Waals surface area contributed by atoms with Crippen LogP contribution in [0.3, 0.4) is 0 Å². The lowest BCUT2D eigenvalue weighted by Gasteiger charge is -2.08. The number of carbonyl (C=O) groups excluding carboxylic acids is 2. The van der Waals surface area contributed by atoms with E-state index in [0.29, 0.717) is 17.3 Å². The molecule has 2 amide bonds. The molecule has 0 spiro atoms. The molecule has 0 unspecified atom stereocenters. The summed E-state index contributed by atoms with van der Waals surface area (Å²) in [6.45, 7) is 2.23. The third kappa shape index (κ3) is 5.28. The van der Waals surface area contributed by atoms with Crippen molar-refractivity contribution in [2.45, 2.75) is 19.9 Å². The quantitative estimate of drug-likeness (QED) is 0.788. The first-order valence-corrected chi connectivity index (χ1v) is 7.81. The summed E-state index contributed by atoms with van der Waals surface area (Å²) >= 11 is 6.00. The average molecular weight is 347 g/mol. The Labute approximate surface area is 146 Å². The van der Waals surface area contributed by atoms with Crippen molar-refractivity contribution in [2.24, 2.45) is 0 Å². The van der Waals surface area contributed by atoms with Crippen molar-refractivity contribution in [1.29, 1.82) is 0 Å². The highest BCUT2D eigenvalue weighted by molar-refractivity contribution is 6.31. The van der Waals surface area contributed by atoms with Crippen molar-refractivity contribution in [3.63, 3.8) is 0 Å². The van der Waals surface area contributed by atoms with Crippen molar-refractivity contribution in [3.05, 3.63) is 58.6 Å². The van der Waals surface area contributed by atoms with Gasteiger partial charge in [-0.25, -0.2) is 0 Å². The van der Waals surface area contributed by atoms with Gasteiger partial charge in [0, 0.05) is 17.3 Å². The number of amides is 2. The molecule has 0 aliphatic carbocycles. The maximum absolute atomic E-state index is 11.9. The third-order valence-corrected chi connectivity index (χ3v) is 3.83. The van der Waals surface area contributed by atoms with Gasteiger partial charge in [-0.05, 0) is 42.3 Å². The predicted molar refractivity (Wildman–Crippen MR) is 94.3 cm³/mol. The van der Waals surface area contributed by atoms with E-state index in [1.54, 1.807) is 19.2 Å². The number of nitrogens with one attached hydrogen (secondary N) is 2. The van der Waals surface area contributed by atoms with Crippen molar-refractivity contribution in [1.82, 2.24) is 5.32 Å². The van der Waals surface area contributed by atoms with E-state index in [2.05, 4.69) is 10.6 Å². The fourth-order valence-corrected chi connectivity index (χ4v) is 2.21. The topological polar surface area (TPSA) is 67.4 Å². The molecule has 0 saturated heterocycles. The fourth-order valence-electron chi connectivity index (χ4n) is 2.03. The number of hydrogen-bond donors (Lipinski definition) is 2. The lowest BCUT2D eigenvalue weighted by Crippen LogP contribution is -2.27. The number of ether oxygens (including phenoxy) is 1. The van der Waals surface area contributed by atoms with Crippen LogP contribution in [0.15, 0.2) is 42.5 Å². The molecule has 5 nitrogen and oxygen atoms in total. The number of aryl methyl sites for hydroxylation is 1. The molecule has 2 N–H and O–H groups in total. The number of benzene rings is 2. The summed E-state index contributed by atoms with van der Waals surface area (Å²) in [6.07, 6.45) is -0.248. The fraction of sp³-hybridized carbons (Fsp3) is 0.222. The van der Waals surface area contributed by atoms with Gasteiger partial charge in [-0.3, -0.25) is 9.59 Å². The van der Waals surface area contributed by atoms with Gasteiger partial charge in [0.25, 0.3) is 0 Å². The highest BCUT2D eigenvalue weighted by atomic mass is 35.5. The molecule has 0 aliphatic rings. The number of carbonyl (C=O) groups is 2. The summed E-state index contributed by atoms with van der Waals surface area (Å²) < 4.78 is 5.07. The van der Waals surface area contributed by atoms with E-state index >= 15 is 0 Å². The van der Waals surface area contributed by atoms with Crippen LogP contribution in [0.25, 0.3) is 0 Å². The van der Waals surface area contributed by atoms with E-state index in [-0.39, 0.29) is 18.2 Å². The molecule has 0 atom stereocenters. The molecule has 2 aromatic carbocycles. The van der Waals surface area contributed by atoms with E-state index in [1.165, 1.54) is 0 Å². The summed E-state index contributed by atoms with van der Waals surface area (Å²) in [5.74, 6) is 0.0184. The Morgan fingerprint density at radius 3 is 2.42 bits per heavy atom. The summed E-state index contributed by atoms with van der Waals surface area (Å²) in [5.41, 5.74) is 2.42. The molecule has 0 fully saturated rings. The van der Waals surface area contributed by atoms with E-state index in [9.17, 15) is 9.59 Å². The van der Waals surface area contributed by atoms with Crippen LogP contribution in [0.5, 0.6) is 5.75 Å². The lowest BCUT2D eigenvalue weighted by molar-refractivity contribution is -0.126. The van der Waals surface area contributed by atoms with E-state index < -0.39 is 0 Å². The number of halogens is 1. The molecule has 126 valence electrons. The van der Waals surface area contributed by atoms with E-state index in [0.717, 1.165) is 16.9 Å². The van der Waals surface area contributed by atoms with Crippen molar-refractivity contribution in [2.75, 3.05) is 12.4 Å². The highest BCUT2D eigenvalue weighted by Gasteiger charge is 2.10. The van der Waals surface area contributed by atoms with Gasteiger partial charge < -0.3 is 15.4 Å². The molecular weight excluding hydrogens is 328 g/mol. The minimum Gasteiger partial charge on any atom is -0.497 e. The molecule has 0 heterocycles. The summed E-state index contributed by atoms with van der Waals surface area (Å²) in [6, 6.07) is 12.5. The zero-order chi connectivity index (χ0) is 17.5. The second kappa shape index (κ2) is 8.36. The highest BCUT2D eigenvalue weighted by Crippen LogP contribution is 2.20. The van der Waals surface area contributed by atoms with Gasteiger partial charge in [0.15, 0.2) is 0 Å². The largest absolute Gasteiger partial charge is 0.497 e. The SMILES string of the molecule is COc1ccc(CNC(=O)CC(=O)Nc2ccc(C)c(Cl)c2)cc1. The zero-order valence-electron chi connectivity index (χ0n) is 13.6. The Morgan fingerprint density at radius 2 is 1.79 bits per heavy atom. The second-order valence-electron chi connectivity index (χ2n) is 5.31. The molecule has 6 heteroatoms.